The molecule has 0 aliphatic rings. The summed E-state index contributed by atoms with van der Waals surface area (Å²) < 4.78 is 15.7. The van der Waals surface area contributed by atoms with Crippen molar-refractivity contribution in [2.24, 2.45) is 0 Å². The predicted octanol–water partition coefficient (Wildman–Crippen LogP) is 11.8. The third-order valence-corrected chi connectivity index (χ3v) is 9.87. The molecule has 0 atom stereocenters. The number of hydrogen-bond acceptors (Lipinski definition) is 5. The number of fused-ring (bicyclic) bond motifs is 10. The highest BCUT2D eigenvalue weighted by molar-refractivity contribution is 6.23. The average molecular weight is 655 g/mol. The Kier molecular flexibility index (Phi) is 5.86. The molecule has 7 aromatic carbocycles. The number of hydrogen-bond donors (Lipinski definition) is 0. The Morgan fingerprint density at radius 2 is 0.863 bits per heavy atom. The van der Waals surface area contributed by atoms with Gasteiger partial charge in [0.2, 0.25) is 0 Å². The molecule has 0 bridgehead atoms. The minimum Gasteiger partial charge on any atom is -0.452 e. The lowest BCUT2D eigenvalue weighted by Gasteiger charge is -2.09. The third kappa shape index (κ3) is 4.14. The highest BCUT2D eigenvalue weighted by atomic mass is 16.4. The zero-order chi connectivity index (χ0) is 33.5. The Hall–Kier alpha value is -7.05. The first-order valence-corrected chi connectivity index (χ1v) is 17.0. The van der Waals surface area contributed by atoms with Gasteiger partial charge in [-0.05, 0) is 42.5 Å². The van der Waals surface area contributed by atoms with E-state index in [-0.39, 0.29) is 0 Å². The van der Waals surface area contributed by atoms with Crippen LogP contribution in [-0.2, 0) is 0 Å². The SMILES string of the molecule is c1ccc(-c2nc(-c3ccccc3)nc(-c3cccc4oc5c(ccc6c5oc5cccc(-n7c8ccccc8c8ccccc87)c56)c34)n2)cc1. The molecule has 4 heterocycles. The molecule has 4 aromatic heterocycles. The summed E-state index contributed by atoms with van der Waals surface area (Å²) in [5, 5.41) is 6.34. The fourth-order valence-electron chi connectivity index (χ4n) is 7.63. The number of nitrogens with zero attached hydrogens (tertiary/aromatic N) is 4. The van der Waals surface area contributed by atoms with Gasteiger partial charge in [0.05, 0.1) is 22.1 Å². The average Bonchev–Trinajstić information content (AvgIpc) is 3.88. The fraction of sp³-hybridized carbons (Fsp3) is 0. The highest BCUT2D eigenvalue weighted by Gasteiger charge is 2.23. The van der Waals surface area contributed by atoms with Crippen LogP contribution in [0.15, 0.2) is 167 Å². The molecule has 238 valence electrons. The van der Waals surface area contributed by atoms with Crippen molar-refractivity contribution in [1.29, 1.82) is 0 Å². The van der Waals surface area contributed by atoms with E-state index in [1.165, 1.54) is 10.8 Å². The maximum absolute atomic E-state index is 6.71. The monoisotopic (exact) mass is 654 g/mol. The number of benzene rings is 7. The topological polar surface area (TPSA) is 69.9 Å². The Bertz CT molecular complexity index is 3030. The van der Waals surface area contributed by atoms with Gasteiger partial charge >= 0.3 is 0 Å². The summed E-state index contributed by atoms with van der Waals surface area (Å²) in [6.45, 7) is 0. The van der Waals surface area contributed by atoms with Crippen LogP contribution in [0.4, 0.5) is 0 Å². The highest BCUT2D eigenvalue weighted by Crippen LogP contribution is 2.44. The molecular formula is C45H26N4O2. The van der Waals surface area contributed by atoms with Gasteiger partial charge in [-0.2, -0.15) is 0 Å². The van der Waals surface area contributed by atoms with Crippen molar-refractivity contribution in [2.45, 2.75) is 0 Å². The quantitative estimate of drug-likeness (QED) is 0.189. The van der Waals surface area contributed by atoms with Crippen LogP contribution in [0, 0.1) is 0 Å². The Balaban J connectivity index is 1.17. The van der Waals surface area contributed by atoms with Gasteiger partial charge in [-0.25, -0.2) is 15.0 Å². The van der Waals surface area contributed by atoms with E-state index in [1.807, 2.05) is 78.9 Å². The maximum atomic E-state index is 6.71. The molecule has 0 aliphatic carbocycles. The maximum Gasteiger partial charge on any atom is 0.178 e. The standard InChI is InChI=1S/C45H26N4O2/c1-3-13-27(14-4-1)43-46-44(28-15-5-2-6-16-28)48-45(47-43)33-19-11-23-37-39(33)31-25-26-32-40-36(22-12-24-38(40)51-42(32)41(31)50-37)49-34-20-9-7-17-29(34)30-18-8-10-21-35(30)49/h1-26H. The minimum atomic E-state index is 0.578. The first kappa shape index (κ1) is 27.9. The summed E-state index contributed by atoms with van der Waals surface area (Å²) in [5.41, 5.74) is 9.01. The van der Waals surface area contributed by atoms with E-state index in [9.17, 15) is 0 Å². The van der Waals surface area contributed by atoms with Crippen molar-refractivity contribution in [1.82, 2.24) is 19.5 Å². The Labute approximate surface area is 290 Å². The molecule has 0 N–H and O–H groups in total. The summed E-state index contributed by atoms with van der Waals surface area (Å²) in [6, 6.07) is 53.8. The van der Waals surface area contributed by atoms with E-state index < -0.39 is 0 Å². The van der Waals surface area contributed by atoms with Gasteiger partial charge < -0.3 is 13.4 Å². The molecule has 6 nitrogen and oxygen atoms in total. The summed E-state index contributed by atoms with van der Waals surface area (Å²) >= 11 is 0. The van der Waals surface area contributed by atoms with Gasteiger partial charge in [0, 0.05) is 43.6 Å². The van der Waals surface area contributed by atoms with Crippen LogP contribution in [0.2, 0.25) is 0 Å². The second-order valence-corrected chi connectivity index (χ2v) is 12.8. The summed E-state index contributed by atoms with van der Waals surface area (Å²) in [4.78, 5) is 15.0. The molecule has 51 heavy (non-hydrogen) atoms. The largest absolute Gasteiger partial charge is 0.452 e. The molecule has 0 saturated heterocycles. The van der Waals surface area contributed by atoms with E-state index in [0.29, 0.717) is 28.6 Å². The first-order valence-electron chi connectivity index (χ1n) is 17.0. The second-order valence-electron chi connectivity index (χ2n) is 12.8. The molecule has 0 aliphatic heterocycles. The zero-order valence-electron chi connectivity index (χ0n) is 27.1. The Morgan fingerprint density at radius 1 is 0.373 bits per heavy atom. The van der Waals surface area contributed by atoms with Crippen LogP contribution in [-0.4, -0.2) is 19.5 Å². The van der Waals surface area contributed by atoms with Crippen LogP contribution in [0.1, 0.15) is 0 Å². The molecule has 11 rings (SSSR count). The summed E-state index contributed by atoms with van der Waals surface area (Å²) in [7, 11) is 0. The molecule has 0 fully saturated rings. The normalized spacial score (nSPS) is 11.9. The summed E-state index contributed by atoms with van der Waals surface area (Å²) in [5.74, 6) is 1.80. The molecule has 0 saturated carbocycles. The molecule has 0 unspecified atom stereocenters. The van der Waals surface area contributed by atoms with Gasteiger partial charge in [0.1, 0.15) is 11.2 Å². The van der Waals surface area contributed by atoms with Gasteiger partial charge in [0.15, 0.2) is 28.6 Å². The van der Waals surface area contributed by atoms with E-state index in [2.05, 4.69) is 83.4 Å². The van der Waals surface area contributed by atoms with Crippen LogP contribution < -0.4 is 0 Å². The van der Waals surface area contributed by atoms with Crippen LogP contribution >= 0.6 is 0 Å². The minimum absolute atomic E-state index is 0.578. The number of rotatable bonds is 4. The van der Waals surface area contributed by atoms with Gasteiger partial charge in [-0.15, -0.1) is 0 Å². The lowest BCUT2D eigenvalue weighted by molar-refractivity contribution is 0.633. The van der Waals surface area contributed by atoms with Gasteiger partial charge in [0.25, 0.3) is 0 Å². The molecule has 6 heteroatoms. The number of aromatic nitrogens is 4. The smallest absolute Gasteiger partial charge is 0.178 e. The predicted molar refractivity (Wildman–Crippen MR) is 205 cm³/mol. The Morgan fingerprint density at radius 3 is 1.47 bits per heavy atom. The number of para-hydroxylation sites is 2. The van der Waals surface area contributed by atoms with Crippen molar-refractivity contribution >= 4 is 65.7 Å². The van der Waals surface area contributed by atoms with Gasteiger partial charge in [-0.1, -0.05) is 115 Å². The lowest BCUT2D eigenvalue weighted by Crippen LogP contribution is -2.00. The van der Waals surface area contributed by atoms with Crippen molar-refractivity contribution in [2.75, 3.05) is 0 Å². The molecule has 0 amide bonds. The van der Waals surface area contributed by atoms with E-state index in [1.54, 1.807) is 0 Å². The van der Waals surface area contributed by atoms with Crippen molar-refractivity contribution in [3.63, 3.8) is 0 Å². The van der Waals surface area contributed by atoms with Crippen molar-refractivity contribution in [3.05, 3.63) is 158 Å². The molecular weight excluding hydrogens is 629 g/mol. The zero-order valence-corrected chi connectivity index (χ0v) is 27.1. The van der Waals surface area contributed by atoms with Crippen LogP contribution in [0.5, 0.6) is 0 Å². The van der Waals surface area contributed by atoms with Crippen LogP contribution in [0.25, 0.3) is 106 Å². The van der Waals surface area contributed by atoms with Crippen molar-refractivity contribution < 1.29 is 8.83 Å². The second kappa shape index (κ2) is 10.7. The van der Waals surface area contributed by atoms with Gasteiger partial charge in [-0.3, -0.25) is 0 Å². The summed E-state index contributed by atoms with van der Waals surface area (Å²) in [6.07, 6.45) is 0. The molecule has 0 spiro atoms. The first-order chi connectivity index (χ1) is 25.3. The molecule has 0 radical (unpaired) electrons. The van der Waals surface area contributed by atoms with E-state index in [4.69, 9.17) is 23.8 Å². The molecule has 11 aromatic rings. The number of furan rings is 2. The fourth-order valence-corrected chi connectivity index (χ4v) is 7.63. The third-order valence-electron chi connectivity index (χ3n) is 9.87. The van der Waals surface area contributed by atoms with Crippen LogP contribution in [0.3, 0.4) is 0 Å². The van der Waals surface area contributed by atoms with E-state index in [0.717, 1.165) is 66.1 Å². The lowest BCUT2D eigenvalue weighted by atomic mass is 10.0. The van der Waals surface area contributed by atoms with E-state index >= 15 is 0 Å². The van der Waals surface area contributed by atoms with Crippen molar-refractivity contribution in [3.8, 4) is 39.9 Å².